The van der Waals surface area contributed by atoms with E-state index < -0.39 is 0 Å². The van der Waals surface area contributed by atoms with Gasteiger partial charge in [-0.15, -0.1) is 0 Å². The second-order valence-electron chi connectivity index (χ2n) is 4.64. The molecule has 1 fully saturated rings. The maximum Gasteiger partial charge on any atom is 0.145 e. The third-order valence-electron chi connectivity index (χ3n) is 3.05. The lowest BCUT2D eigenvalue weighted by Gasteiger charge is -2.12. The molecule has 1 aliphatic rings. The number of nitrogens with two attached hydrogens (primary N) is 1. The minimum absolute atomic E-state index is 0.464. The summed E-state index contributed by atoms with van der Waals surface area (Å²) >= 11 is 7.05. The van der Waals surface area contributed by atoms with Crippen LogP contribution < -0.4 is 16.6 Å². The Bertz CT molecular complexity index is 622. The minimum atomic E-state index is 0.464. The summed E-state index contributed by atoms with van der Waals surface area (Å²) in [6, 6.07) is 7.69. The molecule has 5 nitrogen and oxygen atoms in total. The Hall–Kier alpha value is -1.18. The van der Waals surface area contributed by atoms with Gasteiger partial charge < -0.3 is 10.7 Å². The second-order valence-corrected chi connectivity index (χ2v) is 6.35. The van der Waals surface area contributed by atoms with Crippen LogP contribution in [-0.4, -0.2) is 9.97 Å². The summed E-state index contributed by atoms with van der Waals surface area (Å²) in [5, 5.41) is 3.30. The smallest absolute Gasteiger partial charge is 0.145 e. The number of hydrogen-bond donors (Lipinski definition) is 3. The van der Waals surface area contributed by atoms with Gasteiger partial charge in [0.05, 0.1) is 5.69 Å². The number of hydrogen-bond acceptors (Lipinski definition) is 5. The van der Waals surface area contributed by atoms with Crippen molar-refractivity contribution in [3.8, 4) is 0 Å². The van der Waals surface area contributed by atoms with Gasteiger partial charge in [-0.05, 0) is 56.8 Å². The highest BCUT2D eigenvalue weighted by Crippen LogP contribution is 2.39. The van der Waals surface area contributed by atoms with E-state index in [0.717, 1.165) is 39.1 Å². The number of benzene rings is 1. The third kappa shape index (κ3) is 2.94. The molecule has 0 spiro atoms. The number of hydrazine groups is 1. The summed E-state index contributed by atoms with van der Waals surface area (Å²) in [5.41, 5.74) is 3.52. The number of anilines is 3. The van der Waals surface area contributed by atoms with Gasteiger partial charge in [0.1, 0.15) is 17.5 Å². The molecule has 0 radical (unpaired) electrons. The number of aromatic nitrogens is 2. The van der Waals surface area contributed by atoms with E-state index in [4.69, 9.17) is 5.84 Å². The fourth-order valence-electron chi connectivity index (χ4n) is 1.87. The first kappa shape index (κ1) is 13.8. The van der Waals surface area contributed by atoms with Crippen molar-refractivity contribution in [1.82, 2.24) is 9.97 Å². The van der Waals surface area contributed by atoms with Crippen LogP contribution >= 0.6 is 31.9 Å². The van der Waals surface area contributed by atoms with Crippen LogP contribution in [0.4, 0.5) is 17.3 Å². The second kappa shape index (κ2) is 5.67. The van der Waals surface area contributed by atoms with Crippen molar-refractivity contribution in [2.75, 3.05) is 10.7 Å². The maximum atomic E-state index is 5.47. The van der Waals surface area contributed by atoms with Crippen molar-refractivity contribution in [1.29, 1.82) is 0 Å². The molecule has 0 atom stereocenters. The van der Waals surface area contributed by atoms with Crippen LogP contribution in [0.25, 0.3) is 0 Å². The normalized spacial score (nSPS) is 14.2. The monoisotopic (exact) mass is 397 g/mol. The van der Waals surface area contributed by atoms with Gasteiger partial charge in [0.2, 0.25) is 0 Å². The summed E-state index contributed by atoms with van der Waals surface area (Å²) < 4.78 is 1.92. The highest BCUT2D eigenvalue weighted by molar-refractivity contribution is 9.11. The van der Waals surface area contributed by atoms with Gasteiger partial charge >= 0.3 is 0 Å². The van der Waals surface area contributed by atoms with Crippen LogP contribution in [0.5, 0.6) is 0 Å². The predicted octanol–water partition coefficient (Wildman–Crippen LogP) is 3.91. The van der Waals surface area contributed by atoms with Gasteiger partial charge in [-0.25, -0.2) is 15.8 Å². The van der Waals surface area contributed by atoms with Crippen molar-refractivity contribution in [2.24, 2.45) is 5.84 Å². The van der Waals surface area contributed by atoms with E-state index in [-0.39, 0.29) is 0 Å². The van der Waals surface area contributed by atoms with E-state index >= 15 is 0 Å². The van der Waals surface area contributed by atoms with Crippen LogP contribution in [0.1, 0.15) is 24.6 Å². The van der Waals surface area contributed by atoms with Gasteiger partial charge in [-0.3, -0.25) is 0 Å². The molecule has 0 bridgehead atoms. The summed E-state index contributed by atoms with van der Waals surface area (Å²) in [6.07, 6.45) is 2.29. The van der Waals surface area contributed by atoms with E-state index in [0.29, 0.717) is 11.7 Å². The zero-order valence-electron chi connectivity index (χ0n) is 10.5. The summed E-state index contributed by atoms with van der Waals surface area (Å²) in [6.45, 7) is 0. The Morgan fingerprint density at radius 3 is 2.35 bits per heavy atom. The molecule has 1 heterocycles. The van der Waals surface area contributed by atoms with E-state index in [1.165, 1.54) is 0 Å². The molecule has 1 aliphatic carbocycles. The number of nitrogen functional groups attached to an aromatic ring is 1. The van der Waals surface area contributed by atoms with Crippen molar-refractivity contribution in [3.63, 3.8) is 0 Å². The first-order valence-corrected chi connectivity index (χ1v) is 7.82. The first-order chi connectivity index (χ1) is 9.67. The van der Waals surface area contributed by atoms with E-state index in [1.807, 2.05) is 18.2 Å². The standard InChI is InChI=1S/C13H13Br2N5/c14-8-2-1-3-9(15)12(8)17-10-6-11(20-16)19-13(18-10)7-4-5-7/h1-3,6-7H,4-5,16H2,(H2,17,18,19,20). The summed E-state index contributed by atoms with van der Waals surface area (Å²) in [5.74, 6) is 8.12. The Balaban J connectivity index is 1.95. The van der Waals surface area contributed by atoms with Crippen molar-refractivity contribution in [2.45, 2.75) is 18.8 Å². The zero-order chi connectivity index (χ0) is 14.1. The molecule has 0 unspecified atom stereocenters. The topological polar surface area (TPSA) is 75.9 Å². The summed E-state index contributed by atoms with van der Waals surface area (Å²) in [4.78, 5) is 8.95. The number of para-hydroxylation sites is 1. The molecule has 0 amide bonds. The van der Waals surface area contributed by atoms with Gasteiger partial charge in [0.25, 0.3) is 0 Å². The zero-order valence-corrected chi connectivity index (χ0v) is 13.7. The van der Waals surface area contributed by atoms with E-state index in [9.17, 15) is 0 Å². The Morgan fingerprint density at radius 2 is 1.75 bits per heavy atom. The SMILES string of the molecule is NNc1cc(Nc2c(Br)cccc2Br)nc(C2CC2)n1. The highest BCUT2D eigenvalue weighted by atomic mass is 79.9. The van der Waals surface area contributed by atoms with Crippen molar-refractivity contribution < 1.29 is 0 Å². The Kier molecular flexibility index (Phi) is 3.91. The quantitative estimate of drug-likeness (QED) is 0.537. The van der Waals surface area contributed by atoms with Crippen LogP contribution in [0.2, 0.25) is 0 Å². The largest absolute Gasteiger partial charge is 0.338 e. The van der Waals surface area contributed by atoms with Crippen LogP contribution in [0.15, 0.2) is 33.2 Å². The number of nitrogens with zero attached hydrogens (tertiary/aromatic N) is 2. The molecule has 7 heteroatoms. The highest BCUT2D eigenvalue weighted by Gasteiger charge is 2.27. The lowest BCUT2D eigenvalue weighted by molar-refractivity contribution is 0.929. The molecule has 1 saturated carbocycles. The average Bonchev–Trinajstić information content (AvgIpc) is 3.27. The molecule has 0 saturated heterocycles. The molecule has 4 N–H and O–H groups in total. The Labute approximate surface area is 133 Å². The van der Waals surface area contributed by atoms with Gasteiger partial charge in [-0.1, -0.05) is 6.07 Å². The van der Waals surface area contributed by atoms with E-state index in [2.05, 4.69) is 52.6 Å². The fraction of sp³-hybridized carbons (Fsp3) is 0.231. The fourth-order valence-corrected chi connectivity index (χ4v) is 3.07. The number of nitrogens with one attached hydrogen (secondary N) is 2. The van der Waals surface area contributed by atoms with Gasteiger partial charge in [0, 0.05) is 20.9 Å². The third-order valence-corrected chi connectivity index (χ3v) is 4.37. The molecule has 20 heavy (non-hydrogen) atoms. The van der Waals surface area contributed by atoms with E-state index in [1.54, 1.807) is 6.07 Å². The molecular formula is C13H13Br2N5. The van der Waals surface area contributed by atoms with Crippen LogP contribution in [0, 0.1) is 0 Å². The summed E-state index contributed by atoms with van der Waals surface area (Å²) in [7, 11) is 0. The minimum Gasteiger partial charge on any atom is -0.338 e. The van der Waals surface area contributed by atoms with Crippen molar-refractivity contribution in [3.05, 3.63) is 39.0 Å². The number of rotatable bonds is 4. The first-order valence-electron chi connectivity index (χ1n) is 6.24. The lowest BCUT2D eigenvalue weighted by Crippen LogP contribution is -2.11. The van der Waals surface area contributed by atoms with Gasteiger partial charge in [-0.2, -0.15) is 0 Å². The molecule has 2 aromatic rings. The molecule has 1 aromatic heterocycles. The predicted molar refractivity (Wildman–Crippen MR) is 86.9 cm³/mol. The molecule has 104 valence electrons. The Morgan fingerprint density at radius 1 is 1.10 bits per heavy atom. The lowest BCUT2D eigenvalue weighted by atomic mass is 10.3. The molecule has 1 aromatic carbocycles. The van der Waals surface area contributed by atoms with Crippen LogP contribution in [-0.2, 0) is 0 Å². The van der Waals surface area contributed by atoms with Crippen LogP contribution in [0.3, 0.4) is 0 Å². The molecule has 0 aliphatic heterocycles. The number of halogens is 2. The molecular weight excluding hydrogens is 386 g/mol. The average molecular weight is 399 g/mol. The van der Waals surface area contributed by atoms with Gasteiger partial charge in [0.15, 0.2) is 0 Å². The molecule has 3 rings (SSSR count). The maximum absolute atomic E-state index is 5.47. The van der Waals surface area contributed by atoms with Crippen molar-refractivity contribution >= 4 is 49.2 Å².